The van der Waals surface area contributed by atoms with Crippen molar-refractivity contribution in [2.45, 2.75) is 25.7 Å². The molecule has 0 saturated carbocycles. The first-order valence-electron chi connectivity index (χ1n) is 10.1. The molecule has 2 heterocycles. The van der Waals surface area contributed by atoms with Crippen LogP contribution in [0, 0.1) is 20.8 Å². The first-order chi connectivity index (χ1) is 16.1. The van der Waals surface area contributed by atoms with E-state index in [0.717, 1.165) is 16.0 Å². The summed E-state index contributed by atoms with van der Waals surface area (Å²) in [5.41, 5.74) is 3.10. The van der Waals surface area contributed by atoms with Crippen molar-refractivity contribution in [1.82, 2.24) is 9.97 Å². The highest BCUT2D eigenvalue weighted by Gasteiger charge is 2.39. The predicted molar refractivity (Wildman–Crippen MR) is 129 cm³/mol. The van der Waals surface area contributed by atoms with Crippen LogP contribution in [0.4, 0.5) is 17.3 Å². The molecule has 9 nitrogen and oxygen atoms in total. The second-order valence-electron chi connectivity index (χ2n) is 7.70. The summed E-state index contributed by atoms with van der Waals surface area (Å²) in [6, 6.07) is 12.6. The average molecular weight is 498 g/mol. The summed E-state index contributed by atoms with van der Waals surface area (Å²) in [5, 5.41) is 2.58. The van der Waals surface area contributed by atoms with E-state index >= 15 is 0 Å². The summed E-state index contributed by atoms with van der Waals surface area (Å²) < 4.78 is 27.6. The van der Waals surface area contributed by atoms with Crippen LogP contribution in [0.1, 0.15) is 16.8 Å². The summed E-state index contributed by atoms with van der Waals surface area (Å²) in [7, 11) is -3.93. The highest BCUT2D eigenvalue weighted by Crippen LogP contribution is 2.32. The van der Waals surface area contributed by atoms with E-state index < -0.39 is 21.8 Å². The summed E-state index contributed by atoms with van der Waals surface area (Å²) in [4.78, 5) is 34.6. The van der Waals surface area contributed by atoms with Gasteiger partial charge in [-0.1, -0.05) is 29.3 Å². The fourth-order valence-electron chi connectivity index (χ4n) is 3.43. The summed E-state index contributed by atoms with van der Waals surface area (Å²) in [6.07, 6.45) is 1.45. The number of carbonyl (C=O) groups excluding carboxylic acids is 2. The Kier molecular flexibility index (Phi) is 6.11. The highest BCUT2D eigenvalue weighted by molar-refractivity contribution is 7.92. The number of nitrogens with one attached hydrogen (secondary N) is 2. The lowest BCUT2D eigenvalue weighted by Crippen LogP contribution is -2.32. The van der Waals surface area contributed by atoms with Gasteiger partial charge < -0.3 is 5.32 Å². The SMILES string of the molecule is Cc1ccc(N2C(=O)C(Cl)=C(Nc3ccc(S(=O)(=O)Nc4nccc(C)n4)cc3)C2=O)c(C)c1. The van der Waals surface area contributed by atoms with Crippen LogP contribution in [0.3, 0.4) is 0 Å². The molecule has 2 N–H and O–H groups in total. The van der Waals surface area contributed by atoms with Gasteiger partial charge in [0.2, 0.25) is 5.95 Å². The van der Waals surface area contributed by atoms with E-state index in [4.69, 9.17) is 11.6 Å². The van der Waals surface area contributed by atoms with Gasteiger partial charge in [0.05, 0.1) is 10.6 Å². The van der Waals surface area contributed by atoms with Crippen molar-refractivity contribution in [3.8, 4) is 0 Å². The number of sulfonamides is 1. The van der Waals surface area contributed by atoms with E-state index in [9.17, 15) is 18.0 Å². The smallest absolute Gasteiger partial charge is 0.283 e. The fourth-order valence-corrected chi connectivity index (χ4v) is 4.59. The van der Waals surface area contributed by atoms with Gasteiger partial charge in [0, 0.05) is 17.6 Å². The van der Waals surface area contributed by atoms with Crippen LogP contribution in [0.15, 0.2) is 70.4 Å². The van der Waals surface area contributed by atoms with Crippen molar-refractivity contribution in [3.05, 3.63) is 82.3 Å². The molecule has 0 saturated heterocycles. The fraction of sp³-hybridized carbons (Fsp3) is 0.130. The van der Waals surface area contributed by atoms with Crippen LogP contribution in [-0.4, -0.2) is 30.2 Å². The third-order valence-corrected chi connectivity index (χ3v) is 6.77. The number of anilines is 3. The first kappa shape index (κ1) is 23.4. The maximum atomic E-state index is 13.0. The van der Waals surface area contributed by atoms with Gasteiger partial charge in [-0.05, 0) is 62.7 Å². The molecule has 34 heavy (non-hydrogen) atoms. The number of aromatic nitrogens is 2. The minimum atomic E-state index is -3.93. The van der Waals surface area contributed by atoms with E-state index in [2.05, 4.69) is 20.0 Å². The molecule has 1 aliphatic rings. The van der Waals surface area contributed by atoms with Crippen molar-refractivity contribution in [2.75, 3.05) is 14.9 Å². The molecule has 0 spiro atoms. The molecule has 1 aromatic heterocycles. The summed E-state index contributed by atoms with van der Waals surface area (Å²) >= 11 is 6.19. The molecule has 0 bridgehead atoms. The molecule has 0 atom stereocenters. The minimum absolute atomic E-state index is 0.0334. The molecule has 4 rings (SSSR count). The zero-order chi connectivity index (χ0) is 24.6. The molecule has 1 aliphatic heterocycles. The van der Waals surface area contributed by atoms with E-state index in [1.165, 1.54) is 30.5 Å². The number of hydrogen-bond donors (Lipinski definition) is 2. The second-order valence-corrected chi connectivity index (χ2v) is 9.76. The Labute approximate surface area is 201 Å². The molecule has 0 unspecified atom stereocenters. The number of carbonyl (C=O) groups is 2. The molecule has 11 heteroatoms. The third-order valence-electron chi connectivity index (χ3n) is 5.07. The minimum Gasteiger partial charge on any atom is -0.350 e. The maximum absolute atomic E-state index is 13.0. The Bertz CT molecular complexity index is 1450. The van der Waals surface area contributed by atoms with Gasteiger partial charge in [-0.3, -0.25) is 9.59 Å². The Morgan fingerprint density at radius 1 is 0.941 bits per heavy atom. The first-order valence-corrected chi connectivity index (χ1v) is 12.0. The second kappa shape index (κ2) is 8.88. The largest absolute Gasteiger partial charge is 0.350 e. The van der Waals surface area contributed by atoms with Gasteiger partial charge in [-0.25, -0.2) is 28.0 Å². The van der Waals surface area contributed by atoms with Crippen molar-refractivity contribution >= 4 is 50.8 Å². The Morgan fingerprint density at radius 3 is 2.29 bits per heavy atom. The summed E-state index contributed by atoms with van der Waals surface area (Å²) in [5.74, 6) is -1.28. The quantitative estimate of drug-likeness (QED) is 0.498. The standard InChI is InChI=1S/C23H20ClN5O4S/c1-13-4-9-18(14(2)12-13)29-21(30)19(24)20(22(29)31)27-16-5-7-17(8-6-16)34(32,33)28-23-25-11-10-15(3)26-23/h4-12,27H,1-3H3,(H,25,26,28). The zero-order valence-corrected chi connectivity index (χ0v) is 20.0. The number of aryl methyl sites for hydroxylation is 3. The van der Waals surface area contributed by atoms with Gasteiger partial charge >= 0.3 is 0 Å². The third kappa shape index (κ3) is 4.50. The number of amides is 2. The lowest BCUT2D eigenvalue weighted by molar-refractivity contribution is -0.120. The molecule has 0 radical (unpaired) electrons. The molecule has 0 aliphatic carbocycles. The van der Waals surface area contributed by atoms with Gasteiger partial charge in [0.1, 0.15) is 10.7 Å². The number of rotatable bonds is 6. The van der Waals surface area contributed by atoms with Crippen LogP contribution in [0.2, 0.25) is 0 Å². The van der Waals surface area contributed by atoms with Crippen molar-refractivity contribution in [3.63, 3.8) is 0 Å². The number of nitrogens with zero attached hydrogens (tertiary/aromatic N) is 3. The molecular weight excluding hydrogens is 478 g/mol. The van der Waals surface area contributed by atoms with Crippen molar-refractivity contribution < 1.29 is 18.0 Å². The average Bonchev–Trinajstić information content (AvgIpc) is 2.97. The molecule has 0 fully saturated rings. The normalized spacial score (nSPS) is 14.1. The Hall–Kier alpha value is -3.76. The van der Waals surface area contributed by atoms with E-state index in [-0.39, 0.29) is 21.6 Å². The lowest BCUT2D eigenvalue weighted by atomic mass is 10.1. The van der Waals surface area contributed by atoms with Crippen LogP contribution >= 0.6 is 11.6 Å². The van der Waals surface area contributed by atoms with Crippen LogP contribution < -0.4 is 14.9 Å². The van der Waals surface area contributed by atoms with Gasteiger partial charge in [-0.2, -0.15) is 0 Å². The van der Waals surface area contributed by atoms with E-state index in [0.29, 0.717) is 17.1 Å². The predicted octanol–water partition coefficient (Wildman–Crippen LogP) is 3.64. The molecule has 2 aromatic carbocycles. The van der Waals surface area contributed by atoms with Crippen molar-refractivity contribution in [2.24, 2.45) is 0 Å². The van der Waals surface area contributed by atoms with Gasteiger partial charge in [0.15, 0.2) is 0 Å². The van der Waals surface area contributed by atoms with E-state index in [1.807, 2.05) is 13.0 Å². The number of hydrogen-bond acceptors (Lipinski definition) is 7. The molecule has 3 aromatic rings. The number of halogens is 1. The van der Waals surface area contributed by atoms with E-state index in [1.54, 1.807) is 32.0 Å². The maximum Gasteiger partial charge on any atom is 0.283 e. The van der Waals surface area contributed by atoms with Gasteiger partial charge in [-0.15, -0.1) is 0 Å². The van der Waals surface area contributed by atoms with Crippen molar-refractivity contribution in [1.29, 1.82) is 0 Å². The summed E-state index contributed by atoms with van der Waals surface area (Å²) in [6.45, 7) is 5.43. The Balaban J connectivity index is 1.54. The molecule has 2 amide bonds. The number of benzene rings is 2. The topological polar surface area (TPSA) is 121 Å². The number of imide groups is 1. The molecular formula is C23H20ClN5O4S. The lowest BCUT2D eigenvalue weighted by Gasteiger charge is -2.18. The zero-order valence-electron chi connectivity index (χ0n) is 18.5. The monoisotopic (exact) mass is 497 g/mol. The van der Waals surface area contributed by atoms with Gasteiger partial charge in [0.25, 0.3) is 21.8 Å². The van der Waals surface area contributed by atoms with Crippen LogP contribution in [0.25, 0.3) is 0 Å². The highest BCUT2D eigenvalue weighted by atomic mass is 35.5. The van der Waals surface area contributed by atoms with Crippen LogP contribution in [0.5, 0.6) is 0 Å². The molecule has 174 valence electrons. The Morgan fingerprint density at radius 2 is 1.65 bits per heavy atom. The van der Waals surface area contributed by atoms with Crippen LogP contribution in [-0.2, 0) is 19.6 Å².